The maximum atomic E-state index is 11.7. The fourth-order valence-electron chi connectivity index (χ4n) is 2.20. The number of halogens is 1. The quantitative estimate of drug-likeness (QED) is 0.366. The minimum atomic E-state index is -3.12. The van der Waals surface area contributed by atoms with Crippen LogP contribution in [0.3, 0.4) is 0 Å². The minimum Gasteiger partial charge on any atom is -0.357 e. The SMILES string of the molecule is CCNC(=NCCCN(C)S(=O)(=O)CC)NCCc1ccccc1Cl. The molecule has 0 heterocycles. The zero-order valence-corrected chi connectivity index (χ0v) is 16.8. The highest BCUT2D eigenvalue weighted by molar-refractivity contribution is 7.89. The molecule has 0 radical (unpaired) electrons. The van der Waals surface area contributed by atoms with E-state index in [1.54, 1.807) is 14.0 Å². The van der Waals surface area contributed by atoms with E-state index >= 15 is 0 Å². The molecule has 0 fully saturated rings. The van der Waals surface area contributed by atoms with Crippen molar-refractivity contribution in [3.63, 3.8) is 0 Å². The molecule has 8 heteroatoms. The number of rotatable bonds is 10. The zero-order valence-electron chi connectivity index (χ0n) is 15.3. The lowest BCUT2D eigenvalue weighted by molar-refractivity contribution is 0.465. The number of nitrogens with zero attached hydrogens (tertiary/aromatic N) is 2. The lowest BCUT2D eigenvalue weighted by Crippen LogP contribution is -2.38. The van der Waals surface area contributed by atoms with Crippen molar-refractivity contribution in [3.8, 4) is 0 Å². The van der Waals surface area contributed by atoms with Crippen LogP contribution in [0.1, 0.15) is 25.8 Å². The van der Waals surface area contributed by atoms with E-state index in [0.29, 0.717) is 19.5 Å². The van der Waals surface area contributed by atoms with Gasteiger partial charge in [-0.2, -0.15) is 0 Å². The first-order valence-electron chi connectivity index (χ1n) is 8.60. The van der Waals surface area contributed by atoms with Crippen molar-refractivity contribution < 1.29 is 8.42 Å². The second-order valence-corrected chi connectivity index (χ2v) is 8.38. The molecule has 0 aliphatic heterocycles. The lowest BCUT2D eigenvalue weighted by atomic mass is 10.1. The molecule has 0 aliphatic carbocycles. The van der Waals surface area contributed by atoms with E-state index in [4.69, 9.17) is 11.6 Å². The summed E-state index contributed by atoms with van der Waals surface area (Å²) in [6.45, 7) is 6.18. The van der Waals surface area contributed by atoms with E-state index in [-0.39, 0.29) is 5.75 Å². The highest BCUT2D eigenvalue weighted by Gasteiger charge is 2.13. The van der Waals surface area contributed by atoms with Crippen LogP contribution >= 0.6 is 11.6 Å². The maximum absolute atomic E-state index is 11.7. The number of hydrogen-bond acceptors (Lipinski definition) is 3. The molecule has 0 spiro atoms. The van der Waals surface area contributed by atoms with Crippen molar-refractivity contribution in [3.05, 3.63) is 34.9 Å². The standard InChI is InChI=1S/C17H29ClN4O2S/c1-4-19-17(20-12-8-14-22(3)25(23,24)5-2)21-13-11-15-9-6-7-10-16(15)18/h6-7,9-10H,4-5,8,11-14H2,1-3H3,(H2,19,20,21). The summed E-state index contributed by atoms with van der Waals surface area (Å²) in [6.07, 6.45) is 1.48. The lowest BCUT2D eigenvalue weighted by Gasteiger charge is -2.15. The van der Waals surface area contributed by atoms with E-state index in [9.17, 15) is 8.42 Å². The number of aliphatic imine (C=N–C) groups is 1. The Morgan fingerprint density at radius 3 is 2.60 bits per heavy atom. The molecule has 142 valence electrons. The highest BCUT2D eigenvalue weighted by atomic mass is 35.5. The largest absolute Gasteiger partial charge is 0.357 e. The van der Waals surface area contributed by atoms with E-state index < -0.39 is 10.0 Å². The van der Waals surface area contributed by atoms with Crippen LogP contribution in [0.2, 0.25) is 5.02 Å². The van der Waals surface area contributed by atoms with Crippen LogP contribution in [-0.4, -0.2) is 57.7 Å². The summed E-state index contributed by atoms with van der Waals surface area (Å²) >= 11 is 6.15. The fraction of sp³-hybridized carbons (Fsp3) is 0.588. The molecule has 1 rings (SSSR count). The van der Waals surface area contributed by atoms with Gasteiger partial charge < -0.3 is 10.6 Å². The van der Waals surface area contributed by atoms with E-state index in [0.717, 1.165) is 36.1 Å². The van der Waals surface area contributed by atoms with Crippen LogP contribution in [0, 0.1) is 0 Å². The van der Waals surface area contributed by atoms with Gasteiger partial charge in [-0.25, -0.2) is 12.7 Å². The molecule has 0 aromatic heterocycles. The third kappa shape index (κ3) is 8.07. The Bertz CT molecular complexity index is 650. The van der Waals surface area contributed by atoms with Gasteiger partial charge in [0.05, 0.1) is 5.75 Å². The maximum Gasteiger partial charge on any atom is 0.213 e. The summed E-state index contributed by atoms with van der Waals surface area (Å²) in [4.78, 5) is 4.49. The number of hydrogen-bond donors (Lipinski definition) is 2. The fourth-order valence-corrected chi connectivity index (χ4v) is 3.28. The monoisotopic (exact) mass is 388 g/mol. The Labute approximate surface area is 156 Å². The first kappa shape index (κ1) is 21.7. The number of guanidine groups is 1. The molecule has 0 amide bonds. The number of sulfonamides is 1. The van der Waals surface area contributed by atoms with E-state index in [1.807, 2.05) is 31.2 Å². The molecule has 0 unspecified atom stereocenters. The van der Waals surface area contributed by atoms with Gasteiger partial charge in [0.15, 0.2) is 5.96 Å². The van der Waals surface area contributed by atoms with Gasteiger partial charge in [0.1, 0.15) is 0 Å². The molecule has 25 heavy (non-hydrogen) atoms. The Balaban J connectivity index is 2.42. The average Bonchev–Trinajstić information content (AvgIpc) is 2.59. The molecule has 1 aromatic rings. The first-order valence-corrected chi connectivity index (χ1v) is 10.6. The molecular weight excluding hydrogens is 360 g/mol. The summed E-state index contributed by atoms with van der Waals surface area (Å²) in [5, 5.41) is 7.23. The Kier molecular flexibility index (Phi) is 9.85. The number of nitrogens with one attached hydrogen (secondary N) is 2. The van der Waals surface area contributed by atoms with Gasteiger partial charge in [-0.15, -0.1) is 0 Å². The van der Waals surface area contributed by atoms with Crippen LogP contribution in [0.15, 0.2) is 29.3 Å². The Morgan fingerprint density at radius 2 is 1.96 bits per heavy atom. The van der Waals surface area contributed by atoms with Crippen molar-refractivity contribution in [1.29, 1.82) is 0 Å². The van der Waals surface area contributed by atoms with E-state index in [1.165, 1.54) is 4.31 Å². The third-order valence-electron chi connectivity index (χ3n) is 3.73. The van der Waals surface area contributed by atoms with Gasteiger partial charge in [0, 0.05) is 38.2 Å². The molecular formula is C17H29ClN4O2S. The van der Waals surface area contributed by atoms with Gasteiger partial charge in [-0.3, -0.25) is 4.99 Å². The summed E-state index contributed by atoms with van der Waals surface area (Å²) in [5.74, 6) is 0.856. The topological polar surface area (TPSA) is 73.8 Å². The summed E-state index contributed by atoms with van der Waals surface area (Å²) in [7, 11) is -1.51. The minimum absolute atomic E-state index is 0.124. The van der Waals surface area contributed by atoms with Crippen LogP contribution in [-0.2, 0) is 16.4 Å². The van der Waals surface area contributed by atoms with Crippen molar-refractivity contribution in [2.75, 3.05) is 39.0 Å². The van der Waals surface area contributed by atoms with Crippen molar-refractivity contribution >= 4 is 27.6 Å². The molecule has 1 aromatic carbocycles. The molecule has 6 nitrogen and oxygen atoms in total. The number of benzene rings is 1. The second kappa shape index (κ2) is 11.3. The van der Waals surface area contributed by atoms with Gasteiger partial charge in [-0.1, -0.05) is 29.8 Å². The summed E-state index contributed by atoms with van der Waals surface area (Å²) < 4.78 is 24.8. The van der Waals surface area contributed by atoms with Gasteiger partial charge in [0.2, 0.25) is 10.0 Å². The normalized spacial score (nSPS) is 12.4. The Hall–Kier alpha value is -1.31. The zero-order chi connectivity index (χ0) is 18.7. The summed E-state index contributed by atoms with van der Waals surface area (Å²) in [6, 6.07) is 7.79. The molecule has 0 bridgehead atoms. The van der Waals surface area contributed by atoms with Crippen LogP contribution < -0.4 is 10.6 Å². The van der Waals surface area contributed by atoms with Gasteiger partial charge >= 0.3 is 0 Å². The van der Waals surface area contributed by atoms with E-state index in [2.05, 4.69) is 15.6 Å². The predicted octanol–water partition coefficient (Wildman–Crippen LogP) is 2.11. The van der Waals surface area contributed by atoms with Crippen molar-refractivity contribution in [2.24, 2.45) is 4.99 Å². The summed E-state index contributed by atoms with van der Waals surface area (Å²) in [5.41, 5.74) is 1.10. The van der Waals surface area contributed by atoms with Gasteiger partial charge in [0.25, 0.3) is 0 Å². The van der Waals surface area contributed by atoms with Gasteiger partial charge in [-0.05, 0) is 38.3 Å². The van der Waals surface area contributed by atoms with Crippen molar-refractivity contribution in [2.45, 2.75) is 26.7 Å². The Morgan fingerprint density at radius 1 is 1.24 bits per heavy atom. The van der Waals surface area contributed by atoms with Crippen LogP contribution in [0.25, 0.3) is 0 Å². The smallest absolute Gasteiger partial charge is 0.213 e. The van der Waals surface area contributed by atoms with Crippen LogP contribution in [0.4, 0.5) is 0 Å². The molecule has 0 atom stereocenters. The first-order chi connectivity index (χ1) is 11.9. The second-order valence-electron chi connectivity index (χ2n) is 5.60. The highest BCUT2D eigenvalue weighted by Crippen LogP contribution is 2.14. The predicted molar refractivity (Wildman–Crippen MR) is 106 cm³/mol. The average molecular weight is 389 g/mol. The molecule has 2 N–H and O–H groups in total. The molecule has 0 aliphatic rings. The van der Waals surface area contributed by atoms with Crippen LogP contribution in [0.5, 0.6) is 0 Å². The van der Waals surface area contributed by atoms with Crippen molar-refractivity contribution in [1.82, 2.24) is 14.9 Å². The molecule has 0 saturated carbocycles. The molecule has 0 saturated heterocycles. The third-order valence-corrected chi connectivity index (χ3v) is 5.96.